The van der Waals surface area contributed by atoms with Crippen molar-refractivity contribution in [3.8, 4) is 5.88 Å². The minimum atomic E-state index is 0.662. The molecular weight excluding hydrogens is 274 g/mol. The average molecular weight is 295 g/mol. The molecular formula is C18H21N3O. The van der Waals surface area contributed by atoms with Gasteiger partial charge < -0.3 is 9.64 Å². The molecule has 1 aromatic carbocycles. The number of fused-ring (bicyclic) bond motifs is 3. The van der Waals surface area contributed by atoms with E-state index in [1.165, 1.54) is 0 Å². The zero-order chi connectivity index (χ0) is 15.4. The number of hydrogen-bond donors (Lipinski definition) is 0. The topological polar surface area (TPSA) is 38.2 Å². The highest BCUT2D eigenvalue weighted by Gasteiger charge is 2.05. The first-order chi connectivity index (χ1) is 10.8. The van der Waals surface area contributed by atoms with Gasteiger partial charge in [0.2, 0.25) is 5.88 Å². The van der Waals surface area contributed by atoms with Gasteiger partial charge in [0, 0.05) is 29.6 Å². The van der Waals surface area contributed by atoms with E-state index in [2.05, 4.69) is 40.8 Å². The van der Waals surface area contributed by atoms with E-state index in [0.29, 0.717) is 12.5 Å². The molecule has 3 rings (SSSR count). The summed E-state index contributed by atoms with van der Waals surface area (Å²) in [7, 11) is 0. The summed E-state index contributed by atoms with van der Waals surface area (Å²) in [4.78, 5) is 11.3. The van der Waals surface area contributed by atoms with E-state index in [9.17, 15) is 0 Å². The van der Waals surface area contributed by atoms with Crippen molar-refractivity contribution in [1.29, 1.82) is 0 Å². The Hall–Kier alpha value is -2.20. The van der Waals surface area contributed by atoms with Crippen molar-refractivity contribution in [3.63, 3.8) is 0 Å². The molecule has 0 saturated carbocycles. The Labute approximate surface area is 130 Å². The molecule has 0 spiro atoms. The van der Waals surface area contributed by atoms with Crippen LogP contribution in [-0.2, 0) is 0 Å². The molecule has 0 unspecified atom stereocenters. The fourth-order valence-corrected chi connectivity index (χ4v) is 2.65. The van der Waals surface area contributed by atoms with Crippen LogP contribution in [0.2, 0.25) is 0 Å². The third-order valence-corrected chi connectivity index (χ3v) is 3.98. The summed E-state index contributed by atoms with van der Waals surface area (Å²) >= 11 is 0. The maximum absolute atomic E-state index is 5.79. The minimum Gasteiger partial charge on any atom is -0.476 e. The number of benzene rings is 1. The fourth-order valence-electron chi connectivity index (χ4n) is 2.65. The lowest BCUT2D eigenvalue weighted by atomic mass is 10.1. The molecule has 0 saturated heterocycles. The fraction of sp³-hybridized carbons (Fsp3) is 0.333. The normalized spacial score (nSPS) is 11.4. The average Bonchev–Trinajstić information content (AvgIpc) is 2.58. The third-order valence-electron chi connectivity index (χ3n) is 3.98. The number of ether oxygens (including phenoxy) is 1. The number of rotatable bonds is 6. The summed E-state index contributed by atoms with van der Waals surface area (Å²) < 4.78 is 5.79. The summed E-state index contributed by atoms with van der Waals surface area (Å²) in [6, 6.07) is 12.0. The van der Waals surface area contributed by atoms with Crippen LogP contribution in [0.5, 0.6) is 5.88 Å². The van der Waals surface area contributed by atoms with Crippen LogP contribution in [0.1, 0.15) is 13.8 Å². The highest BCUT2D eigenvalue weighted by Crippen LogP contribution is 2.24. The van der Waals surface area contributed by atoms with Crippen LogP contribution >= 0.6 is 0 Å². The molecule has 0 fully saturated rings. The monoisotopic (exact) mass is 295 g/mol. The highest BCUT2D eigenvalue weighted by molar-refractivity contribution is 6.04. The zero-order valence-corrected chi connectivity index (χ0v) is 13.1. The molecule has 22 heavy (non-hydrogen) atoms. The summed E-state index contributed by atoms with van der Waals surface area (Å²) in [6.07, 6.45) is 1.81. The lowest BCUT2D eigenvalue weighted by Crippen LogP contribution is -2.28. The van der Waals surface area contributed by atoms with Gasteiger partial charge in [0.1, 0.15) is 6.61 Å². The Morgan fingerprint density at radius 1 is 0.955 bits per heavy atom. The Kier molecular flexibility index (Phi) is 4.49. The van der Waals surface area contributed by atoms with Gasteiger partial charge >= 0.3 is 0 Å². The largest absolute Gasteiger partial charge is 0.476 e. The standard InChI is InChI=1S/C18H21N3O/c1-3-21(4-2)12-13-22-18-10-7-15-14-6-5-11-19-16(14)8-9-17(15)20-18/h5-11H,3-4,12-13H2,1-2H3. The molecule has 2 aromatic heterocycles. The van der Waals surface area contributed by atoms with Crippen LogP contribution in [0.3, 0.4) is 0 Å². The molecule has 2 heterocycles. The molecule has 0 N–H and O–H groups in total. The first-order valence-corrected chi connectivity index (χ1v) is 7.81. The van der Waals surface area contributed by atoms with Crippen LogP contribution in [0.15, 0.2) is 42.6 Å². The van der Waals surface area contributed by atoms with Crippen molar-refractivity contribution in [2.75, 3.05) is 26.2 Å². The molecule has 0 amide bonds. The van der Waals surface area contributed by atoms with Crippen LogP contribution in [0.25, 0.3) is 21.8 Å². The maximum atomic E-state index is 5.79. The lowest BCUT2D eigenvalue weighted by Gasteiger charge is -2.17. The second kappa shape index (κ2) is 6.71. The molecule has 0 aliphatic heterocycles. The quantitative estimate of drug-likeness (QED) is 0.652. The Morgan fingerprint density at radius 2 is 1.73 bits per heavy atom. The summed E-state index contributed by atoms with van der Waals surface area (Å²) in [5.41, 5.74) is 1.94. The third kappa shape index (κ3) is 3.02. The van der Waals surface area contributed by atoms with Crippen molar-refractivity contribution in [3.05, 3.63) is 42.6 Å². The van der Waals surface area contributed by atoms with E-state index in [-0.39, 0.29) is 0 Å². The van der Waals surface area contributed by atoms with Gasteiger partial charge in [0.05, 0.1) is 11.0 Å². The number of nitrogens with zero attached hydrogens (tertiary/aromatic N) is 3. The number of aromatic nitrogens is 2. The van der Waals surface area contributed by atoms with Crippen molar-refractivity contribution < 1.29 is 4.74 Å². The first-order valence-electron chi connectivity index (χ1n) is 7.81. The second-order valence-electron chi connectivity index (χ2n) is 5.23. The summed E-state index contributed by atoms with van der Waals surface area (Å²) in [5.74, 6) is 0.683. The van der Waals surface area contributed by atoms with Gasteiger partial charge in [-0.25, -0.2) is 4.98 Å². The van der Waals surface area contributed by atoms with Crippen LogP contribution < -0.4 is 4.74 Å². The minimum absolute atomic E-state index is 0.662. The molecule has 0 aliphatic rings. The van der Waals surface area contributed by atoms with Crippen molar-refractivity contribution in [2.24, 2.45) is 0 Å². The molecule has 0 aliphatic carbocycles. The van der Waals surface area contributed by atoms with Crippen molar-refractivity contribution in [2.45, 2.75) is 13.8 Å². The highest BCUT2D eigenvalue weighted by atomic mass is 16.5. The van der Waals surface area contributed by atoms with Gasteiger partial charge in [-0.2, -0.15) is 0 Å². The molecule has 3 aromatic rings. The van der Waals surface area contributed by atoms with Gasteiger partial charge in [0.25, 0.3) is 0 Å². The van der Waals surface area contributed by atoms with Crippen molar-refractivity contribution in [1.82, 2.24) is 14.9 Å². The predicted molar refractivity (Wildman–Crippen MR) is 90.3 cm³/mol. The maximum Gasteiger partial charge on any atom is 0.213 e. The van der Waals surface area contributed by atoms with Gasteiger partial charge in [-0.05, 0) is 37.4 Å². The molecule has 4 heteroatoms. The van der Waals surface area contributed by atoms with E-state index < -0.39 is 0 Å². The van der Waals surface area contributed by atoms with E-state index >= 15 is 0 Å². The van der Waals surface area contributed by atoms with Crippen LogP contribution in [0, 0.1) is 0 Å². The number of likely N-dealkylation sites (N-methyl/N-ethyl adjacent to an activating group) is 1. The van der Waals surface area contributed by atoms with Gasteiger partial charge in [-0.3, -0.25) is 4.98 Å². The molecule has 0 atom stereocenters. The van der Waals surface area contributed by atoms with Gasteiger partial charge in [0.15, 0.2) is 0 Å². The Bertz CT molecular complexity index is 768. The predicted octanol–water partition coefficient (Wildman–Crippen LogP) is 3.50. The van der Waals surface area contributed by atoms with E-state index in [4.69, 9.17) is 4.74 Å². The van der Waals surface area contributed by atoms with E-state index in [0.717, 1.165) is 41.4 Å². The van der Waals surface area contributed by atoms with Crippen LogP contribution in [0.4, 0.5) is 0 Å². The first kappa shape index (κ1) is 14.7. The smallest absolute Gasteiger partial charge is 0.213 e. The van der Waals surface area contributed by atoms with Gasteiger partial charge in [-0.15, -0.1) is 0 Å². The van der Waals surface area contributed by atoms with Crippen molar-refractivity contribution >= 4 is 21.8 Å². The Balaban J connectivity index is 1.80. The molecule has 0 bridgehead atoms. The summed E-state index contributed by atoms with van der Waals surface area (Å²) in [5, 5.41) is 2.24. The zero-order valence-electron chi connectivity index (χ0n) is 13.1. The molecule has 0 radical (unpaired) electrons. The van der Waals surface area contributed by atoms with Gasteiger partial charge in [-0.1, -0.05) is 19.9 Å². The number of hydrogen-bond acceptors (Lipinski definition) is 4. The van der Waals surface area contributed by atoms with Crippen LogP contribution in [-0.4, -0.2) is 41.1 Å². The van der Waals surface area contributed by atoms with E-state index in [1.807, 2.05) is 30.5 Å². The summed E-state index contributed by atoms with van der Waals surface area (Å²) in [6.45, 7) is 8.01. The molecule has 114 valence electrons. The molecule has 4 nitrogen and oxygen atoms in total. The SMILES string of the molecule is CCN(CC)CCOc1ccc2c(ccc3ncccc32)n1. The van der Waals surface area contributed by atoms with E-state index in [1.54, 1.807) is 0 Å². The second-order valence-corrected chi connectivity index (χ2v) is 5.23. The Morgan fingerprint density at radius 3 is 2.55 bits per heavy atom. The lowest BCUT2D eigenvalue weighted by molar-refractivity contribution is 0.218. The number of pyridine rings is 2.